The highest BCUT2D eigenvalue weighted by atomic mass is 32.2. The van der Waals surface area contributed by atoms with Gasteiger partial charge in [0.1, 0.15) is 0 Å². The molecule has 0 bridgehead atoms. The van der Waals surface area contributed by atoms with Crippen LogP contribution in [0.4, 0.5) is 0 Å². The van der Waals surface area contributed by atoms with Gasteiger partial charge in [-0.3, -0.25) is 0 Å². The molecule has 1 aliphatic heterocycles. The van der Waals surface area contributed by atoms with Crippen LogP contribution in [-0.2, 0) is 16.6 Å². The van der Waals surface area contributed by atoms with E-state index in [1.807, 2.05) is 18.2 Å². The van der Waals surface area contributed by atoms with E-state index in [4.69, 9.17) is 5.26 Å². The molecule has 1 aliphatic rings. The number of nitriles is 1. The van der Waals surface area contributed by atoms with E-state index in [1.54, 1.807) is 24.2 Å². The fourth-order valence-corrected chi connectivity index (χ4v) is 4.34. The van der Waals surface area contributed by atoms with Gasteiger partial charge in [-0.05, 0) is 43.9 Å². The zero-order valence-corrected chi connectivity index (χ0v) is 14.8. The van der Waals surface area contributed by atoms with Crippen molar-refractivity contribution in [2.24, 2.45) is 5.92 Å². The van der Waals surface area contributed by atoms with E-state index in [2.05, 4.69) is 18.3 Å². The minimum atomic E-state index is -3.16. The summed E-state index contributed by atoms with van der Waals surface area (Å²) in [6.45, 7) is 7.38. The molecule has 1 saturated heterocycles. The molecule has 0 unspecified atom stereocenters. The monoisotopic (exact) mass is 335 g/mol. The summed E-state index contributed by atoms with van der Waals surface area (Å²) in [7, 11) is -3.16. The average Bonchev–Trinajstić information content (AvgIpc) is 2.53. The number of piperidine rings is 1. The van der Waals surface area contributed by atoms with Crippen LogP contribution in [0.15, 0.2) is 24.3 Å². The van der Waals surface area contributed by atoms with Crippen LogP contribution >= 0.6 is 0 Å². The van der Waals surface area contributed by atoms with Crippen LogP contribution < -0.4 is 5.32 Å². The molecule has 2 atom stereocenters. The molecule has 0 saturated carbocycles. The Kier molecular flexibility index (Phi) is 5.79. The van der Waals surface area contributed by atoms with E-state index < -0.39 is 10.0 Å². The highest BCUT2D eigenvalue weighted by Crippen LogP contribution is 2.22. The molecule has 0 radical (unpaired) electrons. The first-order valence-electron chi connectivity index (χ1n) is 8.06. The van der Waals surface area contributed by atoms with Gasteiger partial charge in [0, 0.05) is 25.7 Å². The van der Waals surface area contributed by atoms with Gasteiger partial charge in [-0.1, -0.05) is 19.1 Å². The SMILES string of the molecule is CC(C)S(=O)(=O)N1CC[C@@H](NCc2cccc(C#N)c2)[C@@H](C)C1. The summed E-state index contributed by atoms with van der Waals surface area (Å²) in [6, 6.07) is 10.00. The third-order valence-electron chi connectivity index (χ3n) is 4.45. The van der Waals surface area contributed by atoms with Crippen molar-refractivity contribution in [3.05, 3.63) is 35.4 Å². The Bertz CT molecular complexity index is 679. The summed E-state index contributed by atoms with van der Waals surface area (Å²) >= 11 is 0. The molecule has 5 nitrogen and oxygen atoms in total. The molecule has 0 spiro atoms. The summed E-state index contributed by atoms with van der Waals surface area (Å²) in [4.78, 5) is 0. The van der Waals surface area contributed by atoms with Crippen molar-refractivity contribution >= 4 is 10.0 Å². The average molecular weight is 335 g/mol. The van der Waals surface area contributed by atoms with Crippen molar-refractivity contribution in [1.29, 1.82) is 5.26 Å². The summed E-state index contributed by atoms with van der Waals surface area (Å²) in [5, 5.41) is 12.1. The second-order valence-electron chi connectivity index (χ2n) is 6.52. The number of hydrogen-bond donors (Lipinski definition) is 1. The number of nitrogens with one attached hydrogen (secondary N) is 1. The summed E-state index contributed by atoms with van der Waals surface area (Å²) in [5.74, 6) is 0.261. The van der Waals surface area contributed by atoms with Crippen LogP contribution in [0.2, 0.25) is 0 Å². The fourth-order valence-electron chi connectivity index (χ4n) is 2.94. The minimum absolute atomic E-state index is 0.261. The van der Waals surface area contributed by atoms with Crippen LogP contribution in [0.5, 0.6) is 0 Å². The second kappa shape index (κ2) is 7.43. The van der Waals surface area contributed by atoms with E-state index in [1.165, 1.54) is 0 Å². The van der Waals surface area contributed by atoms with E-state index in [0.717, 1.165) is 12.0 Å². The van der Waals surface area contributed by atoms with E-state index >= 15 is 0 Å². The van der Waals surface area contributed by atoms with Gasteiger partial charge < -0.3 is 5.32 Å². The van der Waals surface area contributed by atoms with Crippen molar-refractivity contribution in [1.82, 2.24) is 9.62 Å². The molecule has 23 heavy (non-hydrogen) atoms. The molecule has 2 rings (SSSR count). The maximum absolute atomic E-state index is 12.3. The third kappa shape index (κ3) is 4.31. The fraction of sp³-hybridized carbons (Fsp3) is 0.588. The zero-order valence-electron chi connectivity index (χ0n) is 14.0. The van der Waals surface area contributed by atoms with Crippen molar-refractivity contribution in [2.75, 3.05) is 13.1 Å². The quantitative estimate of drug-likeness (QED) is 0.894. The van der Waals surface area contributed by atoms with Gasteiger partial charge >= 0.3 is 0 Å². The largest absolute Gasteiger partial charge is 0.310 e. The van der Waals surface area contributed by atoms with Crippen LogP contribution in [0, 0.1) is 17.2 Å². The normalized spacial score (nSPS) is 22.9. The van der Waals surface area contributed by atoms with E-state index in [9.17, 15) is 8.42 Å². The number of benzene rings is 1. The lowest BCUT2D eigenvalue weighted by atomic mass is 9.95. The molecule has 0 aromatic heterocycles. The van der Waals surface area contributed by atoms with Crippen LogP contribution in [-0.4, -0.2) is 37.1 Å². The Morgan fingerprint density at radius 3 is 2.78 bits per heavy atom. The molecule has 1 aromatic carbocycles. The second-order valence-corrected chi connectivity index (χ2v) is 9.01. The molecule has 1 N–H and O–H groups in total. The van der Waals surface area contributed by atoms with Crippen LogP contribution in [0.3, 0.4) is 0 Å². The van der Waals surface area contributed by atoms with Crippen molar-refractivity contribution < 1.29 is 8.42 Å². The van der Waals surface area contributed by atoms with Crippen LogP contribution in [0.25, 0.3) is 0 Å². The number of sulfonamides is 1. The molecular weight excluding hydrogens is 310 g/mol. The standard InChI is InChI=1S/C17H25N3O2S/c1-13(2)23(21,22)20-8-7-17(14(3)12-20)19-11-16-6-4-5-15(9-16)10-18/h4-6,9,13-14,17,19H,7-8,11-12H2,1-3H3/t14-,17+/m0/s1. The van der Waals surface area contributed by atoms with Gasteiger partial charge in [0.15, 0.2) is 0 Å². The maximum atomic E-state index is 12.3. The smallest absolute Gasteiger partial charge is 0.216 e. The molecule has 0 amide bonds. The number of rotatable bonds is 5. The van der Waals surface area contributed by atoms with Crippen molar-refractivity contribution in [2.45, 2.75) is 45.0 Å². The van der Waals surface area contributed by atoms with Crippen molar-refractivity contribution in [3.63, 3.8) is 0 Å². The van der Waals surface area contributed by atoms with Crippen molar-refractivity contribution in [3.8, 4) is 6.07 Å². The number of hydrogen-bond acceptors (Lipinski definition) is 4. The first-order valence-corrected chi connectivity index (χ1v) is 9.56. The summed E-state index contributed by atoms with van der Waals surface area (Å²) in [6.07, 6.45) is 0.811. The first-order chi connectivity index (χ1) is 10.8. The molecule has 1 heterocycles. The Morgan fingerprint density at radius 1 is 1.43 bits per heavy atom. The van der Waals surface area contributed by atoms with Crippen LogP contribution in [0.1, 0.15) is 38.3 Å². The topological polar surface area (TPSA) is 73.2 Å². The lowest BCUT2D eigenvalue weighted by Gasteiger charge is -2.37. The molecular formula is C17H25N3O2S. The maximum Gasteiger partial charge on any atom is 0.216 e. The molecule has 6 heteroatoms. The lowest BCUT2D eigenvalue weighted by molar-refractivity contribution is 0.218. The van der Waals surface area contributed by atoms with E-state index in [0.29, 0.717) is 31.2 Å². The highest BCUT2D eigenvalue weighted by molar-refractivity contribution is 7.89. The Hall–Kier alpha value is -1.42. The highest BCUT2D eigenvalue weighted by Gasteiger charge is 2.33. The molecule has 1 aromatic rings. The van der Waals surface area contributed by atoms with Gasteiger partial charge in [0.2, 0.25) is 10.0 Å². The lowest BCUT2D eigenvalue weighted by Crippen LogP contribution is -2.51. The van der Waals surface area contributed by atoms with Gasteiger partial charge in [-0.15, -0.1) is 0 Å². The van der Waals surface area contributed by atoms with Gasteiger partial charge in [-0.2, -0.15) is 5.26 Å². The minimum Gasteiger partial charge on any atom is -0.310 e. The molecule has 0 aliphatic carbocycles. The Morgan fingerprint density at radius 2 is 2.17 bits per heavy atom. The van der Waals surface area contributed by atoms with Gasteiger partial charge in [0.05, 0.1) is 16.9 Å². The van der Waals surface area contributed by atoms with E-state index in [-0.39, 0.29) is 11.2 Å². The molecule has 1 fully saturated rings. The first kappa shape index (κ1) is 17.9. The predicted octanol–water partition coefficient (Wildman–Crippen LogP) is 2.10. The Balaban J connectivity index is 1.93. The molecule has 126 valence electrons. The van der Waals surface area contributed by atoms with Gasteiger partial charge in [-0.25, -0.2) is 12.7 Å². The predicted molar refractivity (Wildman–Crippen MR) is 91.2 cm³/mol. The number of nitrogens with zero attached hydrogens (tertiary/aromatic N) is 2. The van der Waals surface area contributed by atoms with Gasteiger partial charge in [0.25, 0.3) is 0 Å². The summed E-state index contributed by atoms with van der Waals surface area (Å²) in [5.41, 5.74) is 1.74. The Labute approximate surface area is 139 Å². The summed E-state index contributed by atoms with van der Waals surface area (Å²) < 4.78 is 26.1. The zero-order chi connectivity index (χ0) is 17.0. The third-order valence-corrected chi connectivity index (χ3v) is 6.69.